The van der Waals surface area contributed by atoms with Gasteiger partial charge in [0.25, 0.3) is 5.91 Å². The topological polar surface area (TPSA) is 67.0 Å². The van der Waals surface area contributed by atoms with Crippen molar-refractivity contribution in [2.75, 3.05) is 6.61 Å². The van der Waals surface area contributed by atoms with Gasteiger partial charge >= 0.3 is 0 Å². The molecule has 1 amide bonds. The van der Waals surface area contributed by atoms with Crippen molar-refractivity contribution in [2.24, 2.45) is 0 Å². The summed E-state index contributed by atoms with van der Waals surface area (Å²) in [7, 11) is 0. The predicted octanol–water partition coefficient (Wildman–Crippen LogP) is 1.72. The molecular weight excluding hydrogens is 242 g/mol. The maximum absolute atomic E-state index is 11.6. The van der Waals surface area contributed by atoms with Crippen LogP contribution in [0.2, 0.25) is 0 Å². The highest BCUT2D eigenvalue weighted by Crippen LogP contribution is 2.15. The second-order valence-electron chi connectivity index (χ2n) is 4.50. The first kappa shape index (κ1) is 13.1. The summed E-state index contributed by atoms with van der Waals surface area (Å²) in [4.78, 5) is 11.6. The van der Waals surface area contributed by atoms with E-state index in [0.29, 0.717) is 6.54 Å². The van der Waals surface area contributed by atoms with Crippen molar-refractivity contribution in [1.82, 2.24) is 15.5 Å². The van der Waals surface area contributed by atoms with Crippen molar-refractivity contribution in [3.8, 4) is 5.75 Å². The van der Waals surface area contributed by atoms with Gasteiger partial charge < -0.3 is 10.1 Å². The summed E-state index contributed by atoms with van der Waals surface area (Å²) >= 11 is 0. The zero-order chi connectivity index (χ0) is 13.7. The van der Waals surface area contributed by atoms with E-state index in [2.05, 4.69) is 21.6 Å². The molecule has 2 aromatic rings. The quantitative estimate of drug-likeness (QED) is 0.859. The molecule has 0 bridgehead atoms. The molecular formula is C14H17N3O2. The van der Waals surface area contributed by atoms with Crippen LogP contribution in [-0.4, -0.2) is 22.7 Å². The lowest BCUT2D eigenvalue weighted by Gasteiger charge is -2.08. The van der Waals surface area contributed by atoms with E-state index in [1.165, 1.54) is 0 Å². The fraction of sp³-hybridized carbons (Fsp3) is 0.286. The number of nitrogens with one attached hydrogen (secondary N) is 2. The summed E-state index contributed by atoms with van der Waals surface area (Å²) in [5.41, 5.74) is 3.17. The number of benzene rings is 1. The summed E-state index contributed by atoms with van der Waals surface area (Å²) in [5, 5.41) is 9.26. The Morgan fingerprint density at radius 2 is 2.05 bits per heavy atom. The van der Waals surface area contributed by atoms with Gasteiger partial charge in [0.1, 0.15) is 5.75 Å². The molecule has 100 valence electrons. The number of aromatic nitrogens is 2. The zero-order valence-electron chi connectivity index (χ0n) is 11.1. The summed E-state index contributed by atoms with van der Waals surface area (Å²) in [6, 6.07) is 5.89. The minimum Gasteiger partial charge on any atom is -0.484 e. The van der Waals surface area contributed by atoms with E-state index in [9.17, 15) is 4.79 Å². The first-order chi connectivity index (χ1) is 9.13. The number of nitrogens with zero attached hydrogens (tertiary/aromatic N) is 1. The number of rotatable bonds is 5. The van der Waals surface area contributed by atoms with Gasteiger partial charge in [0, 0.05) is 18.3 Å². The summed E-state index contributed by atoms with van der Waals surface area (Å²) < 4.78 is 5.46. The second kappa shape index (κ2) is 6.04. The third-order valence-electron chi connectivity index (χ3n) is 2.61. The third kappa shape index (κ3) is 4.13. The van der Waals surface area contributed by atoms with Gasteiger partial charge in [0.15, 0.2) is 6.61 Å². The van der Waals surface area contributed by atoms with Gasteiger partial charge in [-0.2, -0.15) is 5.10 Å². The van der Waals surface area contributed by atoms with E-state index in [0.717, 1.165) is 22.4 Å². The highest BCUT2D eigenvalue weighted by Gasteiger charge is 2.04. The molecule has 1 aromatic heterocycles. The van der Waals surface area contributed by atoms with Gasteiger partial charge in [0.2, 0.25) is 0 Å². The Kier molecular flexibility index (Phi) is 4.18. The summed E-state index contributed by atoms with van der Waals surface area (Å²) in [6.07, 6.45) is 3.41. The number of amides is 1. The molecule has 0 saturated heterocycles. The second-order valence-corrected chi connectivity index (χ2v) is 4.50. The van der Waals surface area contributed by atoms with Gasteiger partial charge in [-0.25, -0.2) is 0 Å². The minimum atomic E-state index is -0.152. The maximum atomic E-state index is 11.6. The standard InChI is InChI=1S/C14H17N3O2/c1-10-3-11(2)5-13(4-10)19-9-14(18)15-6-12-7-16-17-8-12/h3-5,7-8H,6,9H2,1-2H3,(H,15,18)(H,16,17). The van der Waals surface area contributed by atoms with Crippen LogP contribution in [0.25, 0.3) is 0 Å². The number of aromatic amines is 1. The molecule has 1 aromatic carbocycles. The highest BCUT2D eigenvalue weighted by atomic mass is 16.5. The lowest BCUT2D eigenvalue weighted by atomic mass is 10.1. The molecule has 5 nitrogen and oxygen atoms in total. The SMILES string of the molecule is Cc1cc(C)cc(OCC(=O)NCc2cn[nH]c2)c1. The lowest BCUT2D eigenvalue weighted by molar-refractivity contribution is -0.123. The Bertz CT molecular complexity index is 530. The van der Waals surface area contributed by atoms with Crippen molar-refractivity contribution in [2.45, 2.75) is 20.4 Å². The number of ether oxygens (including phenoxy) is 1. The van der Waals surface area contributed by atoms with Crippen LogP contribution in [0.15, 0.2) is 30.6 Å². The lowest BCUT2D eigenvalue weighted by Crippen LogP contribution is -2.28. The van der Waals surface area contributed by atoms with Crippen molar-refractivity contribution in [3.05, 3.63) is 47.3 Å². The van der Waals surface area contributed by atoms with Gasteiger partial charge in [-0.3, -0.25) is 9.89 Å². The molecule has 0 atom stereocenters. The molecule has 0 aliphatic rings. The number of H-pyrrole nitrogens is 1. The molecule has 5 heteroatoms. The first-order valence-electron chi connectivity index (χ1n) is 6.09. The van der Waals surface area contributed by atoms with Gasteiger partial charge in [-0.05, 0) is 37.1 Å². The van der Waals surface area contributed by atoms with Crippen LogP contribution in [0.1, 0.15) is 16.7 Å². The van der Waals surface area contributed by atoms with Crippen molar-refractivity contribution >= 4 is 5.91 Å². The van der Waals surface area contributed by atoms with Crippen LogP contribution in [0.5, 0.6) is 5.75 Å². The number of hydrogen-bond acceptors (Lipinski definition) is 3. The first-order valence-corrected chi connectivity index (χ1v) is 6.09. The highest BCUT2D eigenvalue weighted by molar-refractivity contribution is 5.77. The normalized spacial score (nSPS) is 10.2. The fourth-order valence-corrected chi connectivity index (χ4v) is 1.79. The number of hydrogen-bond donors (Lipinski definition) is 2. The molecule has 0 unspecified atom stereocenters. The third-order valence-corrected chi connectivity index (χ3v) is 2.61. The zero-order valence-corrected chi connectivity index (χ0v) is 11.1. The number of carbonyl (C=O) groups excluding carboxylic acids is 1. The Morgan fingerprint density at radius 3 is 2.68 bits per heavy atom. The Balaban J connectivity index is 1.79. The molecule has 2 rings (SSSR count). The van der Waals surface area contributed by atoms with Crippen LogP contribution in [0.3, 0.4) is 0 Å². The molecule has 19 heavy (non-hydrogen) atoms. The van der Waals surface area contributed by atoms with Crippen LogP contribution in [0.4, 0.5) is 0 Å². The van der Waals surface area contributed by atoms with Crippen LogP contribution < -0.4 is 10.1 Å². The van der Waals surface area contributed by atoms with Crippen molar-refractivity contribution in [3.63, 3.8) is 0 Å². The summed E-state index contributed by atoms with van der Waals surface area (Å²) in [6.45, 7) is 4.46. The minimum absolute atomic E-state index is 0.0146. The molecule has 2 N–H and O–H groups in total. The average molecular weight is 259 g/mol. The number of carbonyl (C=O) groups is 1. The molecule has 0 aliphatic carbocycles. The van der Waals surface area contributed by atoms with E-state index in [-0.39, 0.29) is 12.5 Å². The molecule has 0 spiro atoms. The smallest absolute Gasteiger partial charge is 0.258 e. The molecule has 0 radical (unpaired) electrons. The Hall–Kier alpha value is -2.30. The fourth-order valence-electron chi connectivity index (χ4n) is 1.79. The van der Waals surface area contributed by atoms with E-state index >= 15 is 0 Å². The number of aryl methyl sites for hydroxylation is 2. The maximum Gasteiger partial charge on any atom is 0.258 e. The monoisotopic (exact) mass is 259 g/mol. The predicted molar refractivity (Wildman–Crippen MR) is 71.8 cm³/mol. The van der Waals surface area contributed by atoms with Crippen molar-refractivity contribution < 1.29 is 9.53 Å². The van der Waals surface area contributed by atoms with Gasteiger partial charge in [-0.15, -0.1) is 0 Å². The largest absolute Gasteiger partial charge is 0.484 e. The van der Waals surface area contributed by atoms with Gasteiger partial charge in [0.05, 0.1) is 6.20 Å². The van der Waals surface area contributed by atoms with E-state index in [1.54, 1.807) is 12.4 Å². The Labute approximate surface area is 112 Å². The van der Waals surface area contributed by atoms with E-state index in [1.807, 2.05) is 26.0 Å². The summed E-state index contributed by atoms with van der Waals surface area (Å²) in [5.74, 6) is 0.566. The van der Waals surface area contributed by atoms with Crippen LogP contribution >= 0.6 is 0 Å². The van der Waals surface area contributed by atoms with Crippen LogP contribution in [0, 0.1) is 13.8 Å². The van der Waals surface area contributed by atoms with E-state index < -0.39 is 0 Å². The Morgan fingerprint density at radius 1 is 1.32 bits per heavy atom. The van der Waals surface area contributed by atoms with E-state index in [4.69, 9.17) is 4.74 Å². The van der Waals surface area contributed by atoms with Crippen molar-refractivity contribution in [1.29, 1.82) is 0 Å². The molecule has 0 aliphatic heterocycles. The molecule has 0 saturated carbocycles. The van der Waals surface area contributed by atoms with Crippen LogP contribution in [-0.2, 0) is 11.3 Å². The molecule has 1 heterocycles. The van der Waals surface area contributed by atoms with Gasteiger partial charge in [-0.1, -0.05) is 6.07 Å². The average Bonchev–Trinajstić information content (AvgIpc) is 2.86. The molecule has 0 fully saturated rings.